The van der Waals surface area contributed by atoms with Gasteiger partial charge in [0.05, 0.1) is 11.3 Å². The minimum absolute atomic E-state index is 0.0108. The van der Waals surface area contributed by atoms with Crippen LogP contribution in [0.2, 0.25) is 0 Å². The molecule has 0 fully saturated rings. The van der Waals surface area contributed by atoms with Crippen LogP contribution >= 0.6 is 11.8 Å². The summed E-state index contributed by atoms with van der Waals surface area (Å²) in [5.41, 5.74) is 2.09. The average Bonchev–Trinajstić information content (AvgIpc) is 2.79. The van der Waals surface area contributed by atoms with Crippen molar-refractivity contribution in [2.45, 2.75) is 25.9 Å². The minimum atomic E-state index is -0.158. The van der Waals surface area contributed by atoms with Crippen LogP contribution in [-0.4, -0.2) is 52.1 Å². The van der Waals surface area contributed by atoms with Crippen LogP contribution in [-0.2, 0) is 4.79 Å². The summed E-state index contributed by atoms with van der Waals surface area (Å²) in [5.74, 6) is 0.784. The van der Waals surface area contributed by atoms with Crippen molar-refractivity contribution in [3.63, 3.8) is 0 Å². The van der Waals surface area contributed by atoms with Crippen LogP contribution in [0, 0.1) is 0 Å². The van der Waals surface area contributed by atoms with E-state index in [9.17, 15) is 9.59 Å². The lowest BCUT2D eigenvalue weighted by Crippen LogP contribution is -2.30. The lowest BCUT2D eigenvalue weighted by atomic mass is 10.2. The van der Waals surface area contributed by atoms with Crippen molar-refractivity contribution in [2.24, 2.45) is 0 Å². The molecule has 0 atom stereocenters. The topological polar surface area (TPSA) is 87.2 Å². The molecule has 0 spiro atoms. The molecule has 1 heterocycles. The molecule has 8 heteroatoms. The number of fused-ring (bicyclic) bond motifs is 1. The fourth-order valence-electron chi connectivity index (χ4n) is 3.14. The third-order valence-electron chi connectivity index (χ3n) is 4.73. The fourth-order valence-corrected chi connectivity index (χ4v) is 3.79. The second-order valence-corrected chi connectivity index (χ2v) is 7.74. The van der Waals surface area contributed by atoms with E-state index in [1.165, 1.54) is 11.8 Å². The van der Waals surface area contributed by atoms with Crippen LogP contribution in [0.3, 0.4) is 0 Å². The number of carbonyl (C=O) groups is 2. The SMILES string of the molecule is CCNc1nc(SCC(=O)Nc2ccc(C(=O)N(CC)CC)cc2)nc2ccccc12. The molecule has 0 radical (unpaired) electrons. The molecule has 0 aliphatic carbocycles. The molecule has 0 unspecified atom stereocenters. The standard InChI is InChI=1S/C23H27N5O2S/c1-4-24-21-18-9-7-8-10-19(18)26-23(27-21)31-15-20(29)25-17-13-11-16(12-14-17)22(30)28(5-2)6-3/h7-14H,4-6,15H2,1-3H3,(H,25,29)(H,24,26,27). The molecule has 162 valence electrons. The Morgan fingerprint density at radius 1 is 0.968 bits per heavy atom. The number of aromatic nitrogens is 2. The molecule has 2 aromatic carbocycles. The highest BCUT2D eigenvalue weighted by Gasteiger charge is 2.13. The van der Waals surface area contributed by atoms with E-state index in [0.29, 0.717) is 29.5 Å². The summed E-state index contributed by atoms with van der Waals surface area (Å²) in [6, 6.07) is 14.8. The number of benzene rings is 2. The first-order chi connectivity index (χ1) is 15.0. The van der Waals surface area contributed by atoms with Crippen molar-refractivity contribution >= 4 is 46.0 Å². The minimum Gasteiger partial charge on any atom is -0.370 e. The second kappa shape index (κ2) is 10.8. The van der Waals surface area contributed by atoms with Gasteiger partial charge < -0.3 is 15.5 Å². The van der Waals surface area contributed by atoms with Gasteiger partial charge in [-0.05, 0) is 57.2 Å². The zero-order valence-corrected chi connectivity index (χ0v) is 18.8. The van der Waals surface area contributed by atoms with Crippen molar-refractivity contribution in [3.05, 3.63) is 54.1 Å². The first kappa shape index (κ1) is 22.6. The quantitative estimate of drug-likeness (QED) is 0.384. The van der Waals surface area contributed by atoms with Gasteiger partial charge in [0, 0.05) is 36.3 Å². The summed E-state index contributed by atoms with van der Waals surface area (Å²) in [6.07, 6.45) is 0. The van der Waals surface area contributed by atoms with E-state index >= 15 is 0 Å². The summed E-state index contributed by atoms with van der Waals surface area (Å²) < 4.78 is 0. The average molecular weight is 438 g/mol. The number of para-hydroxylation sites is 1. The van der Waals surface area contributed by atoms with Gasteiger partial charge in [-0.3, -0.25) is 9.59 Å². The molecule has 0 bridgehead atoms. The summed E-state index contributed by atoms with van der Waals surface area (Å²) in [4.78, 5) is 35.6. The van der Waals surface area contributed by atoms with Crippen LogP contribution in [0.4, 0.5) is 11.5 Å². The smallest absolute Gasteiger partial charge is 0.253 e. The van der Waals surface area contributed by atoms with Gasteiger partial charge in [-0.15, -0.1) is 0 Å². The van der Waals surface area contributed by atoms with E-state index < -0.39 is 0 Å². The van der Waals surface area contributed by atoms with Gasteiger partial charge in [-0.25, -0.2) is 9.97 Å². The number of carbonyl (C=O) groups excluding carboxylic acids is 2. The van der Waals surface area contributed by atoms with Gasteiger partial charge in [0.15, 0.2) is 5.16 Å². The first-order valence-corrected chi connectivity index (χ1v) is 11.4. The lowest BCUT2D eigenvalue weighted by Gasteiger charge is -2.18. The van der Waals surface area contributed by atoms with Gasteiger partial charge in [0.25, 0.3) is 5.91 Å². The number of thioether (sulfide) groups is 1. The van der Waals surface area contributed by atoms with Crippen LogP contribution in [0.5, 0.6) is 0 Å². The molecule has 3 aromatic rings. The van der Waals surface area contributed by atoms with Crippen molar-refractivity contribution in [1.82, 2.24) is 14.9 Å². The zero-order chi connectivity index (χ0) is 22.2. The first-order valence-electron chi connectivity index (χ1n) is 10.4. The molecule has 7 nitrogen and oxygen atoms in total. The summed E-state index contributed by atoms with van der Waals surface area (Å²) >= 11 is 1.29. The second-order valence-electron chi connectivity index (χ2n) is 6.79. The van der Waals surface area contributed by atoms with E-state index in [2.05, 4.69) is 20.6 Å². The summed E-state index contributed by atoms with van der Waals surface area (Å²) in [6.45, 7) is 7.99. The zero-order valence-electron chi connectivity index (χ0n) is 18.0. The highest BCUT2D eigenvalue weighted by molar-refractivity contribution is 7.99. The Labute approximate surface area is 186 Å². The van der Waals surface area contributed by atoms with E-state index in [1.807, 2.05) is 45.0 Å². The van der Waals surface area contributed by atoms with E-state index in [0.717, 1.165) is 23.3 Å². The lowest BCUT2D eigenvalue weighted by molar-refractivity contribution is -0.113. The van der Waals surface area contributed by atoms with Gasteiger partial charge in [-0.2, -0.15) is 0 Å². The van der Waals surface area contributed by atoms with Gasteiger partial charge >= 0.3 is 0 Å². The molecule has 0 aliphatic rings. The predicted molar refractivity (Wildman–Crippen MR) is 127 cm³/mol. The van der Waals surface area contributed by atoms with E-state index in [4.69, 9.17) is 0 Å². The Bertz CT molecular complexity index is 1050. The molecule has 0 aliphatic heterocycles. The van der Waals surface area contributed by atoms with Crippen LogP contribution in [0.25, 0.3) is 10.9 Å². The van der Waals surface area contributed by atoms with Crippen molar-refractivity contribution in [1.29, 1.82) is 0 Å². The normalized spacial score (nSPS) is 10.7. The molecular weight excluding hydrogens is 410 g/mol. The highest BCUT2D eigenvalue weighted by atomic mass is 32.2. The molecule has 3 rings (SSSR count). The molecule has 31 heavy (non-hydrogen) atoms. The van der Waals surface area contributed by atoms with Gasteiger partial charge in [0.1, 0.15) is 5.82 Å². The largest absolute Gasteiger partial charge is 0.370 e. The summed E-state index contributed by atoms with van der Waals surface area (Å²) in [5, 5.41) is 7.61. The number of hydrogen-bond donors (Lipinski definition) is 2. The Morgan fingerprint density at radius 2 is 1.68 bits per heavy atom. The number of nitrogens with zero attached hydrogens (tertiary/aromatic N) is 3. The third kappa shape index (κ3) is 5.73. The number of rotatable bonds is 9. The number of amides is 2. The Morgan fingerprint density at radius 3 is 2.35 bits per heavy atom. The van der Waals surface area contributed by atoms with Gasteiger partial charge in [-0.1, -0.05) is 23.9 Å². The number of hydrogen-bond acceptors (Lipinski definition) is 6. The molecular formula is C23H27N5O2S. The highest BCUT2D eigenvalue weighted by Crippen LogP contribution is 2.24. The maximum Gasteiger partial charge on any atom is 0.253 e. The molecule has 2 amide bonds. The van der Waals surface area contributed by atoms with E-state index in [-0.39, 0.29) is 17.6 Å². The van der Waals surface area contributed by atoms with Crippen molar-refractivity contribution in [3.8, 4) is 0 Å². The molecule has 2 N–H and O–H groups in total. The van der Waals surface area contributed by atoms with Crippen LogP contribution < -0.4 is 10.6 Å². The van der Waals surface area contributed by atoms with Gasteiger partial charge in [0.2, 0.25) is 5.91 Å². The molecule has 0 saturated heterocycles. The summed E-state index contributed by atoms with van der Waals surface area (Å²) in [7, 11) is 0. The fraction of sp³-hybridized carbons (Fsp3) is 0.304. The predicted octanol–water partition coefficient (Wildman–Crippen LogP) is 4.27. The van der Waals surface area contributed by atoms with E-state index in [1.54, 1.807) is 29.2 Å². The monoisotopic (exact) mass is 437 g/mol. The van der Waals surface area contributed by atoms with Crippen LogP contribution in [0.1, 0.15) is 31.1 Å². The maximum absolute atomic E-state index is 12.4. The van der Waals surface area contributed by atoms with Crippen molar-refractivity contribution < 1.29 is 9.59 Å². The Kier molecular flexibility index (Phi) is 7.83. The number of nitrogens with one attached hydrogen (secondary N) is 2. The number of anilines is 2. The van der Waals surface area contributed by atoms with Crippen LogP contribution in [0.15, 0.2) is 53.7 Å². The maximum atomic E-state index is 12.4. The van der Waals surface area contributed by atoms with Crippen molar-refractivity contribution in [2.75, 3.05) is 36.0 Å². The Hall–Kier alpha value is -3.13. The third-order valence-corrected chi connectivity index (χ3v) is 5.57. The Balaban J connectivity index is 1.62. The molecule has 0 saturated carbocycles. The molecule has 1 aromatic heterocycles.